The van der Waals surface area contributed by atoms with Gasteiger partial charge in [0.2, 0.25) is 5.09 Å². The highest BCUT2D eigenvalue weighted by Gasteiger charge is 2.34. The van der Waals surface area contributed by atoms with Gasteiger partial charge in [0.15, 0.2) is 4.67 Å². The fraction of sp³-hybridized carbons (Fsp3) is 0.667. The zero-order valence-corrected chi connectivity index (χ0v) is 14.9. The van der Waals surface area contributed by atoms with E-state index in [1.165, 1.54) is 6.07 Å². The van der Waals surface area contributed by atoms with E-state index in [-0.39, 0.29) is 22.9 Å². The maximum Gasteiger partial charge on any atom is 0.274 e. The van der Waals surface area contributed by atoms with Crippen LogP contribution in [0, 0.1) is 5.41 Å². The topological polar surface area (TPSA) is 80.6 Å². The van der Waals surface area contributed by atoms with Crippen molar-refractivity contribution in [2.75, 3.05) is 33.4 Å². The minimum atomic E-state index is -3.62. The van der Waals surface area contributed by atoms with E-state index < -0.39 is 10.0 Å². The van der Waals surface area contributed by atoms with Crippen molar-refractivity contribution in [1.29, 1.82) is 0 Å². The summed E-state index contributed by atoms with van der Waals surface area (Å²) in [5.74, 6) is 0. The predicted octanol–water partition coefficient (Wildman–Crippen LogP) is 1.76. The van der Waals surface area contributed by atoms with Crippen molar-refractivity contribution in [3.8, 4) is 0 Å². The van der Waals surface area contributed by atoms with Crippen molar-refractivity contribution < 1.29 is 17.6 Å². The molecule has 1 aliphatic heterocycles. The molecular weight excluding hydrogens is 384 g/mol. The monoisotopic (exact) mass is 402 g/mol. The van der Waals surface area contributed by atoms with Crippen LogP contribution in [0.4, 0.5) is 0 Å². The first-order chi connectivity index (χ1) is 9.47. The third kappa shape index (κ3) is 4.94. The second-order valence-electron chi connectivity index (χ2n) is 5.07. The van der Waals surface area contributed by atoms with E-state index >= 15 is 0 Å². The summed E-state index contributed by atoms with van der Waals surface area (Å²) in [6.07, 6.45) is 1.76. The maximum absolute atomic E-state index is 12.2. The quantitative estimate of drug-likeness (QED) is 0.756. The summed E-state index contributed by atoms with van der Waals surface area (Å²) in [6.45, 7) is 2.64. The first kappa shape index (κ1) is 18.9. The zero-order valence-electron chi connectivity index (χ0n) is 11.7. The summed E-state index contributed by atoms with van der Waals surface area (Å²) in [4.78, 5) is 0. The van der Waals surface area contributed by atoms with Crippen LogP contribution in [0.1, 0.15) is 12.8 Å². The molecule has 0 radical (unpaired) electrons. The molecule has 0 aromatic carbocycles. The third-order valence-electron chi connectivity index (χ3n) is 3.57. The van der Waals surface area contributed by atoms with Crippen LogP contribution in [-0.4, -0.2) is 41.8 Å². The molecule has 1 fully saturated rings. The molecule has 122 valence electrons. The van der Waals surface area contributed by atoms with Crippen molar-refractivity contribution in [2.45, 2.75) is 17.9 Å². The Morgan fingerprint density at radius 2 is 2.10 bits per heavy atom. The van der Waals surface area contributed by atoms with Crippen molar-refractivity contribution in [2.24, 2.45) is 5.41 Å². The van der Waals surface area contributed by atoms with Gasteiger partial charge < -0.3 is 14.5 Å². The van der Waals surface area contributed by atoms with Crippen LogP contribution in [0.5, 0.6) is 0 Å². The first-order valence-electron chi connectivity index (χ1n) is 6.42. The minimum absolute atomic E-state index is 0. The van der Waals surface area contributed by atoms with Crippen LogP contribution in [-0.2, 0) is 14.8 Å². The molecule has 1 aliphatic rings. The van der Waals surface area contributed by atoms with Crippen molar-refractivity contribution in [1.82, 2.24) is 10.0 Å². The van der Waals surface area contributed by atoms with Gasteiger partial charge in [0.25, 0.3) is 10.0 Å². The van der Waals surface area contributed by atoms with Gasteiger partial charge in [-0.1, -0.05) is 0 Å². The first-order valence-corrected chi connectivity index (χ1v) is 8.70. The van der Waals surface area contributed by atoms with Gasteiger partial charge in [0.1, 0.15) is 0 Å². The number of methoxy groups -OCH3 is 1. The summed E-state index contributed by atoms with van der Waals surface area (Å²) in [7, 11) is -1.98. The van der Waals surface area contributed by atoms with Crippen LogP contribution < -0.4 is 10.0 Å². The van der Waals surface area contributed by atoms with Gasteiger partial charge >= 0.3 is 0 Å². The number of sulfonamides is 1. The molecule has 6 nitrogen and oxygen atoms in total. The molecule has 9 heteroatoms. The molecule has 0 bridgehead atoms. The van der Waals surface area contributed by atoms with Crippen LogP contribution in [0.2, 0.25) is 0 Å². The number of piperidine rings is 1. The van der Waals surface area contributed by atoms with Gasteiger partial charge in [-0.25, -0.2) is 13.1 Å². The molecule has 1 aromatic rings. The van der Waals surface area contributed by atoms with Gasteiger partial charge in [-0.05, 0) is 54.0 Å². The summed E-state index contributed by atoms with van der Waals surface area (Å²) < 4.78 is 37.7. The number of nitrogens with one attached hydrogen (secondary N) is 2. The minimum Gasteiger partial charge on any atom is -0.437 e. The predicted molar refractivity (Wildman–Crippen MR) is 85.3 cm³/mol. The van der Waals surface area contributed by atoms with Crippen molar-refractivity contribution >= 4 is 38.4 Å². The molecule has 1 saturated heterocycles. The molecule has 2 N–H and O–H groups in total. The molecule has 0 atom stereocenters. The van der Waals surface area contributed by atoms with Crippen LogP contribution >= 0.6 is 28.3 Å². The molecule has 2 heterocycles. The molecule has 0 unspecified atom stereocenters. The van der Waals surface area contributed by atoms with Crippen molar-refractivity contribution in [3.05, 3.63) is 16.8 Å². The molecular formula is C12H20BrClN2O4S. The molecule has 0 saturated carbocycles. The average Bonchev–Trinajstić information content (AvgIpc) is 2.86. The average molecular weight is 404 g/mol. The highest BCUT2D eigenvalue weighted by atomic mass is 79.9. The number of rotatable bonds is 6. The Morgan fingerprint density at radius 3 is 2.62 bits per heavy atom. The fourth-order valence-electron chi connectivity index (χ4n) is 2.40. The second kappa shape index (κ2) is 7.94. The van der Waals surface area contributed by atoms with E-state index in [1.54, 1.807) is 13.2 Å². The van der Waals surface area contributed by atoms with E-state index in [2.05, 4.69) is 26.0 Å². The van der Waals surface area contributed by atoms with E-state index in [9.17, 15) is 8.42 Å². The molecule has 21 heavy (non-hydrogen) atoms. The SMILES string of the molecule is COCC1(CNS(=O)(=O)c2ccc(Br)o2)CCNCC1.Cl. The molecule has 0 spiro atoms. The fourth-order valence-corrected chi connectivity index (χ4v) is 3.90. The van der Waals surface area contributed by atoms with Gasteiger partial charge in [0.05, 0.1) is 6.61 Å². The highest BCUT2D eigenvalue weighted by molar-refractivity contribution is 9.10. The zero-order chi connectivity index (χ0) is 14.6. The normalized spacial score (nSPS) is 18.2. The lowest BCUT2D eigenvalue weighted by Gasteiger charge is -2.36. The third-order valence-corrected chi connectivity index (χ3v) is 5.27. The van der Waals surface area contributed by atoms with Crippen LogP contribution in [0.3, 0.4) is 0 Å². The Hall–Kier alpha value is -0.120. The van der Waals surface area contributed by atoms with E-state index in [0.29, 0.717) is 17.8 Å². The van der Waals surface area contributed by atoms with E-state index in [4.69, 9.17) is 9.15 Å². The Balaban J connectivity index is 0.00000220. The number of hydrogen-bond donors (Lipinski definition) is 2. The number of halogens is 2. The summed E-state index contributed by atoms with van der Waals surface area (Å²) in [6, 6.07) is 2.99. The molecule has 2 rings (SSSR count). The lowest BCUT2D eigenvalue weighted by atomic mass is 9.80. The Labute approximate surface area is 139 Å². The standard InChI is InChI=1S/C12H19BrN2O4S.ClH/c1-18-9-12(4-6-14-7-5-12)8-15-20(16,17)11-3-2-10(13)19-11;/h2-3,14-15H,4-9H2,1H3;1H. The number of hydrogen-bond acceptors (Lipinski definition) is 5. The van der Waals surface area contributed by atoms with Crippen molar-refractivity contribution in [3.63, 3.8) is 0 Å². The lowest BCUT2D eigenvalue weighted by Crippen LogP contribution is -2.47. The number of furan rings is 1. The highest BCUT2D eigenvalue weighted by Crippen LogP contribution is 2.29. The van der Waals surface area contributed by atoms with Gasteiger partial charge in [-0.2, -0.15) is 0 Å². The van der Waals surface area contributed by atoms with Crippen LogP contribution in [0.25, 0.3) is 0 Å². The number of ether oxygens (including phenoxy) is 1. The summed E-state index contributed by atoms with van der Waals surface area (Å²) >= 11 is 3.10. The van der Waals surface area contributed by atoms with Gasteiger partial charge in [-0.3, -0.25) is 0 Å². The van der Waals surface area contributed by atoms with Crippen LogP contribution in [0.15, 0.2) is 26.3 Å². The van der Waals surface area contributed by atoms with E-state index in [1.807, 2.05) is 0 Å². The Bertz CT molecular complexity index is 538. The molecule has 0 amide bonds. The summed E-state index contributed by atoms with van der Waals surface area (Å²) in [5.41, 5.74) is -0.156. The summed E-state index contributed by atoms with van der Waals surface area (Å²) in [5, 5.41) is 3.19. The Morgan fingerprint density at radius 1 is 1.43 bits per heavy atom. The largest absolute Gasteiger partial charge is 0.437 e. The van der Waals surface area contributed by atoms with Gasteiger partial charge in [0, 0.05) is 19.1 Å². The van der Waals surface area contributed by atoms with Gasteiger partial charge in [-0.15, -0.1) is 12.4 Å². The smallest absolute Gasteiger partial charge is 0.274 e. The Kier molecular flexibility index (Phi) is 7.15. The lowest BCUT2D eigenvalue weighted by molar-refractivity contribution is 0.0576. The maximum atomic E-state index is 12.2. The molecule has 1 aromatic heterocycles. The second-order valence-corrected chi connectivity index (χ2v) is 7.55. The van der Waals surface area contributed by atoms with E-state index in [0.717, 1.165) is 25.9 Å². The molecule has 0 aliphatic carbocycles.